The van der Waals surface area contributed by atoms with Crippen molar-refractivity contribution < 1.29 is 72.3 Å². The number of piperazine rings is 3. The number of ether oxygens (including phenoxy) is 4. The number of para-hydroxylation sites is 1. The number of primary amides is 1. The van der Waals surface area contributed by atoms with E-state index in [0.29, 0.717) is 24.0 Å². The summed E-state index contributed by atoms with van der Waals surface area (Å²) in [7, 11) is 0. The zero-order valence-corrected chi connectivity index (χ0v) is 46.9. The van der Waals surface area contributed by atoms with Gasteiger partial charge >= 0.3 is 36.3 Å². The van der Waals surface area contributed by atoms with Crippen LogP contribution in [0.5, 0.6) is 0 Å². The van der Waals surface area contributed by atoms with Crippen LogP contribution in [0, 0.1) is 0 Å². The number of halogens is 1. The smallest absolute Gasteiger partial charge is 0.410 e. The third kappa shape index (κ3) is 18.7. The van der Waals surface area contributed by atoms with Gasteiger partial charge in [0, 0.05) is 44.7 Å². The number of carboxylic acids is 2. The number of pyridine rings is 1. The minimum absolute atomic E-state index is 0.0458. The molecule has 5 heterocycles. The number of fused-ring (bicyclic) bond motifs is 1. The van der Waals surface area contributed by atoms with E-state index in [9.17, 15) is 48.3 Å². The number of aliphatic carboxylic acids is 2. The lowest BCUT2D eigenvalue weighted by atomic mass is 10.1. The van der Waals surface area contributed by atoms with Crippen LogP contribution in [0.2, 0.25) is 5.15 Å². The molecular weight excluding hydrogens is 1070 g/mol. The normalized spacial score (nSPS) is 17.6. The number of nitrogens with zero attached hydrogens (tertiary/aromatic N) is 8. The van der Waals surface area contributed by atoms with Crippen molar-refractivity contribution in [3.8, 4) is 0 Å². The van der Waals surface area contributed by atoms with Crippen molar-refractivity contribution in [2.45, 2.75) is 110 Å². The molecule has 7 amide bonds. The molecule has 434 valence electrons. The highest BCUT2D eigenvalue weighted by atomic mass is 35.5. The first-order valence-corrected chi connectivity index (χ1v) is 25.9. The molecule has 27 heteroatoms. The second-order valence-corrected chi connectivity index (χ2v) is 21.9. The number of carbonyl (C=O) groups excluding carboxylic acids is 7. The predicted molar refractivity (Wildman–Crippen MR) is 289 cm³/mol. The Hall–Kier alpha value is -8.26. The molecule has 3 aliphatic heterocycles. The van der Waals surface area contributed by atoms with Gasteiger partial charge in [0.15, 0.2) is 11.7 Å². The maximum atomic E-state index is 13.5. The van der Waals surface area contributed by atoms with Crippen LogP contribution in [0.3, 0.4) is 0 Å². The van der Waals surface area contributed by atoms with Crippen molar-refractivity contribution in [3.05, 3.63) is 89.2 Å². The summed E-state index contributed by atoms with van der Waals surface area (Å²) in [5.74, 6) is -3.65. The third-order valence-electron chi connectivity index (χ3n) is 11.7. The number of hydrogen-bond acceptors (Lipinski definition) is 16. The Balaban J connectivity index is 0.000000242. The molecule has 26 nitrogen and oxygen atoms in total. The highest BCUT2D eigenvalue weighted by Gasteiger charge is 2.41. The van der Waals surface area contributed by atoms with Crippen molar-refractivity contribution in [2.24, 2.45) is 5.73 Å². The number of carboxylic acid groups (broad SMARTS) is 2. The molecular formula is C53H70ClN11O15. The van der Waals surface area contributed by atoms with Gasteiger partial charge in [0.1, 0.15) is 53.0 Å². The molecule has 2 aromatic carbocycles. The summed E-state index contributed by atoms with van der Waals surface area (Å²) in [6, 6.07) is 17.8. The average Bonchev–Trinajstić information content (AvgIpc) is 3.75. The predicted octanol–water partition coefficient (Wildman–Crippen LogP) is 4.88. The van der Waals surface area contributed by atoms with Crippen LogP contribution in [-0.2, 0) is 51.3 Å². The summed E-state index contributed by atoms with van der Waals surface area (Å²) in [5, 5.41) is 28.7. The number of rotatable bonds is 9. The van der Waals surface area contributed by atoms with Gasteiger partial charge in [-0.05, 0) is 86.1 Å². The number of aromatic nitrogens is 3. The Morgan fingerprint density at radius 1 is 0.650 bits per heavy atom. The summed E-state index contributed by atoms with van der Waals surface area (Å²) in [6.45, 7) is 16.9. The fourth-order valence-corrected chi connectivity index (χ4v) is 8.21. The summed E-state index contributed by atoms with van der Waals surface area (Å²) < 4.78 is 22.5. The van der Waals surface area contributed by atoms with Crippen molar-refractivity contribution in [2.75, 3.05) is 64.2 Å². The van der Waals surface area contributed by atoms with Crippen LogP contribution < -0.4 is 16.4 Å². The lowest BCUT2D eigenvalue weighted by Gasteiger charge is -2.40. The molecule has 80 heavy (non-hydrogen) atoms. The van der Waals surface area contributed by atoms with E-state index < -0.39 is 89.0 Å². The molecule has 6 N–H and O–H groups in total. The Labute approximate surface area is 467 Å². The molecule has 0 saturated carbocycles. The number of anilines is 1. The summed E-state index contributed by atoms with van der Waals surface area (Å²) in [4.78, 5) is 121. The van der Waals surface area contributed by atoms with Gasteiger partial charge in [-0.2, -0.15) is 5.10 Å². The molecule has 3 saturated heterocycles. The molecule has 7 rings (SSSR count). The molecule has 0 aliphatic carbocycles. The van der Waals surface area contributed by atoms with Gasteiger partial charge in [0.25, 0.3) is 5.91 Å². The van der Waals surface area contributed by atoms with Crippen molar-refractivity contribution in [1.29, 1.82) is 0 Å². The van der Waals surface area contributed by atoms with E-state index in [1.165, 1.54) is 24.3 Å². The van der Waals surface area contributed by atoms with Crippen LogP contribution >= 0.6 is 11.6 Å². The second kappa shape index (κ2) is 27.1. The molecule has 3 atom stereocenters. The number of nitrogens with two attached hydrogens (primary N) is 1. The topological polar surface area (TPSA) is 328 Å². The van der Waals surface area contributed by atoms with E-state index in [0.717, 1.165) is 10.5 Å². The largest absolute Gasteiger partial charge is 0.480 e. The molecule has 2 aromatic heterocycles. The average molecular weight is 1140 g/mol. The quantitative estimate of drug-likeness (QED) is 0.110. The molecule has 0 bridgehead atoms. The minimum atomic E-state index is -1.20. The molecule has 0 spiro atoms. The van der Waals surface area contributed by atoms with Crippen molar-refractivity contribution in [1.82, 2.24) is 44.6 Å². The van der Waals surface area contributed by atoms with E-state index in [-0.39, 0.29) is 75.6 Å². The zero-order valence-electron chi connectivity index (χ0n) is 46.2. The minimum Gasteiger partial charge on any atom is -0.480 e. The first-order chi connectivity index (χ1) is 37.4. The number of amides is 7. The van der Waals surface area contributed by atoms with Crippen molar-refractivity contribution >= 4 is 82.4 Å². The van der Waals surface area contributed by atoms with Crippen LogP contribution in [0.25, 0.3) is 10.9 Å². The maximum absolute atomic E-state index is 13.5. The Bertz CT molecular complexity index is 2890. The SMILES string of the molecule is CC(C)(C)OC(=O)N1CCN(C(=O)Cn2nc(C(N)=O)c3ccccc32)[C@H](C(=O)Nc2cccc(Cl)n2)C1.CC(C)(C)OC(=O)N1CCN(C(=O)OCc2ccccc2)[C@H](C(=O)O)C1.CC(C)(C)OC(=O)N1CCN[C@H](C(=O)O)C1. The van der Waals surface area contributed by atoms with E-state index in [1.807, 2.05) is 30.3 Å². The highest BCUT2D eigenvalue weighted by Crippen LogP contribution is 2.22. The van der Waals surface area contributed by atoms with Crippen LogP contribution in [-0.4, -0.2) is 197 Å². The number of carbonyl (C=O) groups is 9. The fourth-order valence-electron chi connectivity index (χ4n) is 8.05. The molecule has 0 unspecified atom stereocenters. The lowest BCUT2D eigenvalue weighted by Crippen LogP contribution is -2.61. The summed E-state index contributed by atoms with van der Waals surface area (Å²) in [6.07, 6.45) is -2.36. The van der Waals surface area contributed by atoms with Crippen molar-refractivity contribution in [3.63, 3.8) is 0 Å². The highest BCUT2D eigenvalue weighted by molar-refractivity contribution is 6.29. The molecule has 4 aromatic rings. The van der Waals surface area contributed by atoms with Gasteiger partial charge in [-0.15, -0.1) is 0 Å². The number of benzene rings is 2. The van der Waals surface area contributed by atoms with Gasteiger partial charge in [0.05, 0.1) is 25.2 Å². The summed E-state index contributed by atoms with van der Waals surface area (Å²) >= 11 is 5.94. The maximum Gasteiger partial charge on any atom is 0.410 e. The van der Waals surface area contributed by atoms with Crippen LogP contribution in [0.1, 0.15) is 78.4 Å². The first kappa shape index (κ1) is 62.6. The molecule has 0 radical (unpaired) electrons. The van der Waals surface area contributed by atoms with Gasteiger partial charge in [0.2, 0.25) is 11.8 Å². The Morgan fingerprint density at radius 2 is 1.19 bits per heavy atom. The van der Waals surface area contributed by atoms with E-state index in [4.69, 9.17) is 41.4 Å². The van der Waals surface area contributed by atoms with Crippen LogP contribution in [0.4, 0.5) is 25.0 Å². The zero-order chi connectivity index (χ0) is 59.3. The Kier molecular flexibility index (Phi) is 21.2. The summed E-state index contributed by atoms with van der Waals surface area (Å²) in [5.41, 5.74) is 4.91. The standard InChI is InChI=1S/C25H28ClN7O5.C18H24N2O6.C10H18N2O4/c1-25(2,3)38-24(37)31-11-12-32(17(13-31)23(36)29-19-10-6-9-18(26)28-19)20(34)14-33-16-8-5-4-7-15(16)21(30-33)22(27)35;1-18(2,3)26-16(23)19-9-10-20(14(11-19)15(21)22)17(24)25-12-13-7-5-4-6-8-13;1-10(2,3)16-9(15)12-5-4-11-7(6-12)8(13)14/h4-10,17H,11-14H2,1-3H3,(H2,27,35)(H,28,29,36);4-8,14H,9-12H2,1-3H3,(H,21,22);7,11H,4-6H2,1-3H3,(H,13,14)/t17-;14-;7-/m000/s1. The van der Waals surface area contributed by atoms with Crippen LogP contribution in [0.15, 0.2) is 72.8 Å². The van der Waals surface area contributed by atoms with E-state index >= 15 is 0 Å². The second-order valence-electron chi connectivity index (χ2n) is 21.5. The van der Waals surface area contributed by atoms with Gasteiger partial charge in [-0.1, -0.05) is 66.2 Å². The van der Waals surface area contributed by atoms with Gasteiger partial charge in [-0.25, -0.2) is 29.0 Å². The van der Waals surface area contributed by atoms with E-state index in [1.54, 1.807) is 105 Å². The Morgan fingerprint density at radius 3 is 1.73 bits per heavy atom. The van der Waals surface area contributed by atoms with Gasteiger partial charge in [-0.3, -0.25) is 28.8 Å². The van der Waals surface area contributed by atoms with E-state index in [2.05, 4.69) is 20.7 Å². The molecule has 3 aliphatic rings. The molecule has 3 fully saturated rings. The number of hydrogen-bond donors (Lipinski definition) is 5. The fraction of sp³-hybridized carbons (Fsp3) is 0.491. The monoisotopic (exact) mass is 1140 g/mol. The number of nitrogens with one attached hydrogen (secondary N) is 2. The lowest BCUT2D eigenvalue weighted by molar-refractivity contribution is -0.145. The van der Waals surface area contributed by atoms with Gasteiger partial charge < -0.3 is 65.1 Å². The third-order valence-corrected chi connectivity index (χ3v) is 11.9. The first-order valence-electron chi connectivity index (χ1n) is 25.5.